The molecule has 0 amide bonds. The Labute approximate surface area is 92.8 Å². The first-order valence-electron chi connectivity index (χ1n) is 5.62. The summed E-state index contributed by atoms with van der Waals surface area (Å²) in [5.41, 5.74) is 5.60. The number of rotatable bonds is 4. The van der Waals surface area contributed by atoms with Gasteiger partial charge in [0.2, 0.25) is 0 Å². The molecular formula is C11H22N2S. The Morgan fingerprint density at radius 2 is 2.21 bits per heavy atom. The average molecular weight is 214 g/mol. The van der Waals surface area contributed by atoms with Gasteiger partial charge in [0.1, 0.15) is 0 Å². The lowest BCUT2D eigenvalue weighted by molar-refractivity contribution is 0.147. The normalized spacial score (nSPS) is 30.5. The van der Waals surface area contributed by atoms with Crippen molar-refractivity contribution in [3.8, 4) is 0 Å². The lowest BCUT2D eigenvalue weighted by Crippen LogP contribution is -2.42. The Hall–Kier alpha value is -0.150. The molecule has 3 heteroatoms. The molecule has 0 aromatic rings. The second kappa shape index (κ2) is 5.08. The third-order valence-corrected chi connectivity index (χ3v) is 3.49. The van der Waals surface area contributed by atoms with E-state index in [1.54, 1.807) is 0 Å². The van der Waals surface area contributed by atoms with Gasteiger partial charge in [0.25, 0.3) is 0 Å². The van der Waals surface area contributed by atoms with Crippen LogP contribution in [-0.2, 0) is 0 Å². The summed E-state index contributed by atoms with van der Waals surface area (Å²) in [6.07, 6.45) is 4.75. The van der Waals surface area contributed by atoms with Crippen LogP contribution in [0.5, 0.6) is 0 Å². The molecule has 0 radical (unpaired) electrons. The van der Waals surface area contributed by atoms with Gasteiger partial charge in [-0.15, -0.1) is 0 Å². The van der Waals surface area contributed by atoms with Gasteiger partial charge in [0, 0.05) is 24.5 Å². The summed E-state index contributed by atoms with van der Waals surface area (Å²) < 4.78 is 0. The first-order chi connectivity index (χ1) is 6.56. The van der Waals surface area contributed by atoms with Crippen LogP contribution >= 0.6 is 12.2 Å². The van der Waals surface area contributed by atoms with E-state index in [-0.39, 0.29) is 0 Å². The zero-order chi connectivity index (χ0) is 10.7. The van der Waals surface area contributed by atoms with Crippen LogP contribution in [-0.4, -0.2) is 28.0 Å². The topological polar surface area (TPSA) is 29.3 Å². The van der Waals surface area contributed by atoms with E-state index in [4.69, 9.17) is 18.0 Å². The highest BCUT2D eigenvalue weighted by Crippen LogP contribution is 2.29. The zero-order valence-corrected chi connectivity index (χ0v) is 10.3. The van der Waals surface area contributed by atoms with Crippen molar-refractivity contribution < 1.29 is 0 Å². The highest BCUT2D eigenvalue weighted by atomic mass is 32.1. The number of hydrogen-bond donors (Lipinski definition) is 1. The molecule has 1 aliphatic heterocycles. The van der Waals surface area contributed by atoms with E-state index in [9.17, 15) is 0 Å². The van der Waals surface area contributed by atoms with Gasteiger partial charge in [-0.2, -0.15) is 0 Å². The van der Waals surface area contributed by atoms with Crippen LogP contribution in [0.15, 0.2) is 0 Å². The minimum Gasteiger partial charge on any atom is -0.393 e. The maximum Gasteiger partial charge on any atom is 0.0742 e. The van der Waals surface area contributed by atoms with Crippen LogP contribution in [0.2, 0.25) is 0 Å². The van der Waals surface area contributed by atoms with Gasteiger partial charge in [-0.3, -0.25) is 4.90 Å². The smallest absolute Gasteiger partial charge is 0.0742 e. The van der Waals surface area contributed by atoms with E-state index in [0.29, 0.717) is 17.1 Å². The lowest BCUT2D eigenvalue weighted by atomic mass is 10.1. The molecule has 0 bridgehead atoms. The van der Waals surface area contributed by atoms with E-state index < -0.39 is 0 Å². The van der Waals surface area contributed by atoms with E-state index in [2.05, 4.69) is 25.7 Å². The molecule has 0 aromatic heterocycles. The second-order valence-electron chi connectivity index (χ2n) is 4.46. The quantitative estimate of drug-likeness (QED) is 0.728. The van der Waals surface area contributed by atoms with Gasteiger partial charge in [-0.25, -0.2) is 0 Å². The molecule has 2 N–H and O–H groups in total. The molecular weight excluding hydrogens is 192 g/mol. The molecule has 0 aliphatic carbocycles. The maximum atomic E-state index is 5.60. The minimum absolute atomic E-state index is 0.509. The summed E-state index contributed by atoms with van der Waals surface area (Å²) in [7, 11) is 0. The molecule has 3 unspecified atom stereocenters. The first-order valence-corrected chi connectivity index (χ1v) is 6.02. The number of likely N-dealkylation sites (tertiary alicyclic amines) is 1. The molecule has 2 nitrogen and oxygen atoms in total. The fourth-order valence-electron chi connectivity index (χ4n) is 2.70. The fourth-order valence-corrected chi connectivity index (χ4v) is 2.94. The number of hydrogen-bond acceptors (Lipinski definition) is 2. The Balaban J connectivity index is 2.58. The minimum atomic E-state index is 0.509. The molecule has 1 saturated heterocycles. The summed E-state index contributed by atoms with van der Waals surface area (Å²) in [6, 6.07) is 1.95. The van der Waals surface area contributed by atoms with Crippen molar-refractivity contribution >= 4 is 17.2 Å². The third kappa shape index (κ3) is 2.67. The number of thiocarbonyl (C=S) groups is 1. The monoisotopic (exact) mass is 214 g/mol. The van der Waals surface area contributed by atoms with Crippen molar-refractivity contribution in [2.24, 2.45) is 5.73 Å². The molecule has 1 aliphatic rings. The second-order valence-corrected chi connectivity index (χ2v) is 4.98. The molecule has 3 atom stereocenters. The average Bonchev–Trinajstić information content (AvgIpc) is 2.45. The van der Waals surface area contributed by atoms with E-state index in [1.165, 1.54) is 19.3 Å². The lowest BCUT2D eigenvalue weighted by Gasteiger charge is -2.33. The third-order valence-electron chi connectivity index (χ3n) is 3.33. The maximum absolute atomic E-state index is 5.60. The van der Waals surface area contributed by atoms with Crippen LogP contribution in [0.3, 0.4) is 0 Å². The Morgan fingerprint density at radius 3 is 2.71 bits per heavy atom. The van der Waals surface area contributed by atoms with Crippen molar-refractivity contribution in [1.29, 1.82) is 0 Å². The Kier molecular flexibility index (Phi) is 4.32. The molecule has 82 valence electrons. The number of nitrogens with zero attached hydrogens (tertiary/aromatic N) is 1. The van der Waals surface area contributed by atoms with E-state index in [0.717, 1.165) is 12.5 Å². The summed E-state index contributed by atoms with van der Waals surface area (Å²) in [4.78, 5) is 3.24. The molecule has 1 heterocycles. The molecule has 0 spiro atoms. The van der Waals surface area contributed by atoms with Crippen LogP contribution in [0.1, 0.15) is 46.5 Å². The zero-order valence-electron chi connectivity index (χ0n) is 9.49. The Bertz CT molecular complexity index is 205. The molecule has 1 rings (SSSR count). The Morgan fingerprint density at radius 1 is 1.57 bits per heavy atom. The molecule has 0 saturated carbocycles. The van der Waals surface area contributed by atoms with Gasteiger partial charge in [-0.1, -0.05) is 19.1 Å². The van der Waals surface area contributed by atoms with Crippen molar-refractivity contribution in [3.63, 3.8) is 0 Å². The standard InChI is InChI=1S/C11H22N2S/c1-4-10-6-5-8(2)13(10)9(3)7-11(12)14/h8-10H,4-7H2,1-3H3,(H2,12,14). The van der Waals surface area contributed by atoms with Crippen LogP contribution in [0, 0.1) is 0 Å². The summed E-state index contributed by atoms with van der Waals surface area (Å²) >= 11 is 4.97. The van der Waals surface area contributed by atoms with Crippen molar-refractivity contribution in [1.82, 2.24) is 4.90 Å². The predicted molar refractivity (Wildman–Crippen MR) is 65.5 cm³/mol. The van der Waals surface area contributed by atoms with Crippen LogP contribution in [0.25, 0.3) is 0 Å². The highest BCUT2D eigenvalue weighted by molar-refractivity contribution is 7.80. The fraction of sp³-hybridized carbons (Fsp3) is 0.909. The van der Waals surface area contributed by atoms with E-state index >= 15 is 0 Å². The summed E-state index contributed by atoms with van der Waals surface area (Å²) in [5, 5.41) is 0. The summed E-state index contributed by atoms with van der Waals surface area (Å²) in [5.74, 6) is 0. The van der Waals surface area contributed by atoms with Crippen molar-refractivity contribution in [3.05, 3.63) is 0 Å². The number of nitrogens with two attached hydrogens (primary N) is 1. The van der Waals surface area contributed by atoms with Crippen molar-refractivity contribution in [2.45, 2.75) is 64.6 Å². The SMILES string of the molecule is CCC1CCC(C)N1C(C)CC(N)=S. The van der Waals surface area contributed by atoms with Crippen LogP contribution < -0.4 is 5.73 Å². The molecule has 14 heavy (non-hydrogen) atoms. The van der Waals surface area contributed by atoms with E-state index in [1.807, 2.05) is 0 Å². The van der Waals surface area contributed by atoms with Gasteiger partial charge in [0.15, 0.2) is 0 Å². The van der Waals surface area contributed by atoms with Gasteiger partial charge < -0.3 is 5.73 Å². The van der Waals surface area contributed by atoms with Gasteiger partial charge in [-0.05, 0) is 33.1 Å². The summed E-state index contributed by atoms with van der Waals surface area (Å²) in [6.45, 7) is 6.82. The van der Waals surface area contributed by atoms with Gasteiger partial charge >= 0.3 is 0 Å². The highest BCUT2D eigenvalue weighted by Gasteiger charge is 2.32. The first kappa shape index (κ1) is 11.9. The van der Waals surface area contributed by atoms with Gasteiger partial charge in [0.05, 0.1) is 4.99 Å². The largest absolute Gasteiger partial charge is 0.393 e. The predicted octanol–water partition coefficient (Wildman–Crippen LogP) is 2.31. The van der Waals surface area contributed by atoms with Crippen molar-refractivity contribution in [2.75, 3.05) is 0 Å². The van der Waals surface area contributed by atoms with Crippen LogP contribution in [0.4, 0.5) is 0 Å². The molecule has 0 aromatic carbocycles. The molecule has 1 fully saturated rings.